The highest BCUT2D eigenvalue weighted by Crippen LogP contribution is 2.35. The molecule has 1 unspecified atom stereocenters. The van der Waals surface area contributed by atoms with E-state index in [4.69, 9.17) is 4.74 Å². The van der Waals surface area contributed by atoms with Crippen LogP contribution in [0.3, 0.4) is 0 Å². The Morgan fingerprint density at radius 1 is 1.16 bits per heavy atom. The maximum Gasteiger partial charge on any atom is 0.272 e. The monoisotopic (exact) mass is 479 g/mol. The predicted octanol–water partition coefficient (Wildman–Crippen LogP) is 4.29. The van der Waals surface area contributed by atoms with Crippen LogP contribution in [0.4, 0.5) is 13.9 Å². The first-order valence-corrected chi connectivity index (χ1v) is 12.3. The molecule has 0 aliphatic heterocycles. The fraction of sp³-hybridized carbons (Fsp3) is 0.286. The zero-order chi connectivity index (χ0) is 22.7. The molecule has 1 aliphatic rings. The number of anilines is 1. The summed E-state index contributed by atoms with van der Waals surface area (Å²) in [6.45, 7) is 0. The van der Waals surface area contributed by atoms with Crippen LogP contribution in [0.2, 0.25) is 0 Å². The lowest BCUT2D eigenvalue weighted by molar-refractivity contribution is -0.123. The minimum absolute atomic E-state index is 0.0492. The summed E-state index contributed by atoms with van der Waals surface area (Å²) in [5.41, 5.74) is 1.47. The summed E-state index contributed by atoms with van der Waals surface area (Å²) < 4.78 is 60.0. The van der Waals surface area contributed by atoms with Crippen LogP contribution in [-0.4, -0.2) is 29.8 Å². The molecule has 1 amide bonds. The number of ether oxygens (including phenoxy) is 1. The van der Waals surface area contributed by atoms with E-state index in [1.165, 1.54) is 17.6 Å². The maximum atomic E-state index is 14.3. The van der Waals surface area contributed by atoms with Crippen molar-refractivity contribution in [3.8, 4) is 5.75 Å². The number of amides is 1. The van der Waals surface area contributed by atoms with Crippen LogP contribution in [0.5, 0.6) is 5.75 Å². The number of aromatic nitrogens is 2. The van der Waals surface area contributed by atoms with Gasteiger partial charge in [0, 0.05) is 11.6 Å². The SMILES string of the molecule is O=C(Nc1nncs1)C(Oc1ccc(F)cc1F)c1ccccc1S(=O)(=O)C1CCCC1. The van der Waals surface area contributed by atoms with Crippen LogP contribution >= 0.6 is 11.3 Å². The molecule has 1 atom stereocenters. The number of nitrogens with zero attached hydrogens (tertiary/aromatic N) is 2. The first-order valence-electron chi connectivity index (χ1n) is 9.88. The molecule has 2 aromatic carbocycles. The third kappa shape index (κ3) is 4.63. The minimum Gasteiger partial charge on any atom is -0.473 e. The fourth-order valence-electron chi connectivity index (χ4n) is 3.69. The highest BCUT2D eigenvalue weighted by Gasteiger charge is 2.36. The van der Waals surface area contributed by atoms with E-state index in [1.54, 1.807) is 12.1 Å². The molecule has 1 aliphatic carbocycles. The molecule has 0 spiro atoms. The average molecular weight is 480 g/mol. The predicted molar refractivity (Wildman–Crippen MR) is 114 cm³/mol. The molecule has 1 N–H and O–H groups in total. The Balaban J connectivity index is 1.77. The summed E-state index contributed by atoms with van der Waals surface area (Å²) >= 11 is 1.05. The van der Waals surface area contributed by atoms with Gasteiger partial charge in [0.2, 0.25) is 11.2 Å². The maximum absolute atomic E-state index is 14.3. The van der Waals surface area contributed by atoms with Crippen molar-refractivity contribution in [1.82, 2.24) is 10.2 Å². The van der Waals surface area contributed by atoms with E-state index in [1.807, 2.05) is 0 Å². The first kappa shape index (κ1) is 22.3. The molecule has 0 radical (unpaired) electrons. The third-order valence-corrected chi connectivity index (χ3v) is 8.16. The zero-order valence-corrected chi connectivity index (χ0v) is 18.3. The Morgan fingerprint density at radius 3 is 2.59 bits per heavy atom. The van der Waals surface area contributed by atoms with Gasteiger partial charge in [-0.05, 0) is 31.0 Å². The number of hydrogen-bond donors (Lipinski definition) is 1. The van der Waals surface area contributed by atoms with Crippen LogP contribution in [-0.2, 0) is 14.6 Å². The lowest BCUT2D eigenvalue weighted by Crippen LogP contribution is -2.29. The number of rotatable bonds is 7. The van der Waals surface area contributed by atoms with Gasteiger partial charge < -0.3 is 4.74 Å². The van der Waals surface area contributed by atoms with Gasteiger partial charge in [0.1, 0.15) is 11.3 Å². The molecule has 11 heteroatoms. The highest BCUT2D eigenvalue weighted by molar-refractivity contribution is 7.92. The van der Waals surface area contributed by atoms with E-state index in [2.05, 4.69) is 15.5 Å². The number of carbonyl (C=O) groups is 1. The van der Waals surface area contributed by atoms with Gasteiger partial charge in [0.25, 0.3) is 5.91 Å². The smallest absolute Gasteiger partial charge is 0.272 e. The molecule has 1 saturated carbocycles. The Hall–Kier alpha value is -2.92. The van der Waals surface area contributed by atoms with Crippen molar-refractivity contribution in [2.24, 2.45) is 0 Å². The summed E-state index contributed by atoms with van der Waals surface area (Å²) in [5, 5.41) is 9.50. The summed E-state index contributed by atoms with van der Waals surface area (Å²) in [6.07, 6.45) is 1.15. The Bertz CT molecular complexity index is 1210. The van der Waals surface area contributed by atoms with E-state index in [9.17, 15) is 22.0 Å². The van der Waals surface area contributed by atoms with Gasteiger partial charge in [-0.1, -0.05) is 42.4 Å². The lowest BCUT2D eigenvalue weighted by Gasteiger charge is -2.22. The van der Waals surface area contributed by atoms with Crippen molar-refractivity contribution in [3.63, 3.8) is 0 Å². The number of halogens is 2. The van der Waals surface area contributed by atoms with E-state index in [-0.39, 0.29) is 15.6 Å². The van der Waals surface area contributed by atoms with Crippen LogP contribution in [0, 0.1) is 11.6 Å². The Morgan fingerprint density at radius 2 is 1.91 bits per heavy atom. The molecular formula is C21H19F2N3O4S2. The van der Waals surface area contributed by atoms with Crippen LogP contribution < -0.4 is 10.1 Å². The molecule has 1 aromatic heterocycles. The van der Waals surface area contributed by atoms with Gasteiger partial charge in [-0.25, -0.2) is 17.2 Å². The van der Waals surface area contributed by atoms with Crippen molar-refractivity contribution in [3.05, 3.63) is 65.2 Å². The molecule has 3 aromatic rings. The van der Waals surface area contributed by atoms with E-state index in [0.29, 0.717) is 18.9 Å². The molecule has 1 fully saturated rings. The molecule has 168 valence electrons. The van der Waals surface area contributed by atoms with Crippen molar-refractivity contribution < 1.29 is 26.7 Å². The summed E-state index contributed by atoms with van der Waals surface area (Å²) in [7, 11) is -3.76. The first-order chi connectivity index (χ1) is 15.4. The lowest BCUT2D eigenvalue weighted by atomic mass is 10.1. The summed E-state index contributed by atoms with van der Waals surface area (Å²) in [5.74, 6) is -2.99. The Kier molecular flexibility index (Phi) is 6.47. The second-order valence-electron chi connectivity index (χ2n) is 7.30. The number of sulfone groups is 1. The number of benzene rings is 2. The molecule has 0 bridgehead atoms. The summed E-state index contributed by atoms with van der Waals surface area (Å²) in [6, 6.07) is 8.65. The number of nitrogens with one attached hydrogen (secondary N) is 1. The highest BCUT2D eigenvalue weighted by atomic mass is 32.2. The van der Waals surface area contributed by atoms with Crippen molar-refractivity contribution in [2.45, 2.75) is 41.9 Å². The largest absolute Gasteiger partial charge is 0.473 e. The quantitative estimate of drug-likeness (QED) is 0.543. The van der Waals surface area contributed by atoms with Gasteiger partial charge >= 0.3 is 0 Å². The Labute approximate surface area is 187 Å². The van der Waals surface area contributed by atoms with Crippen molar-refractivity contribution >= 4 is 32.2 Å². The normalized spacial score (nSPS) is 15.4. The number of hydrogen-bond acceptors (Lipinski definition) is 7. The van der Waals surface area contributed by atoms with Gasteiger partial charge in [0.05, 0.1) is 10.1 Å². The van der Waals surface area contributed by atoms with E-state index in [0.717, 1.165) is 36.3 Å². The molecule has 7 nitrogen and oxygen atoms in total. The van der Waals surface area contributed by atoms with Crippen LogP contribution in [0.25, 0.3) is 0 Å². The van der Waals surface area contributed by atoms with Crippen molar-refractivity contribution in [1.29, 1.82) is 0 Å². The van der Waals surface area contributed by atoms with E-state index < -0.39 is 44.5 Å². The van der Waals surface area contributed by atoms with Crippen molar-refractivity contribution in [2.75, 3.05) is 5.32 Å². The topological polar surface area (TPSA) is 98.2 Å². The van der Waals surface area contributed by atoms with Crippen LogP contribution in [0.1, 0.15) is 37.4 Å². The fourth-order valence-corrected chi connectivity index (χ4v) is 6.22. The summed E-state index contributed by atoms with van der Waals surface area (Å²) in [4.78, 5) is 13.1. The third-order valence-electron chi connectivity index (χ3n) is 5.22. The molecular weight excluding hydrogens is 460 g/mol. The standard InChI is InChI=1S/C21H19F2N3O4S2/c22-13-9-10-17(16(23)11-13)30-19(20(27)25-21-26-24-12-31-21)15-7-3-4-8-18(15)32(28,29)14-5-1-2-6-14/h3-4,7-12,14,19H,1-2,5-6H2,(H,25,26,27). The molecule has 32 heavy (non-hydrogen) atoms. The minimum atomic E-state index is -3.76. The second kappa shape index (κ2) is 9.29. The van der Waals surface area contributed by atoms with Gasteiger partial charge in [-0.3, -0.25) is 10.1 Å². The second-order valence-corrected chi connectivity index (χ2v) is 10.3. The molecule has 1 heterocycles. The average Bonchev–Trinajstić information content (AvgIpc) is 3.48. The van der Waals surface area contributed by atoms with E-state index >= 15 is 0 Å². The zero-order valence-electron chi connectivity index (χ0n) is 16.7. The molecule has 0 saturated heterocycles. The molecule has 4 rings (SSSR count). The van der Waals surface area contributed by atoms with Gasteiger partial charge in [0.15, 0.2) is 21.4 Å². The van der Waals surface area contributed by atoms with Gasteiger partial charge in [-0.15, -0.1) is 10.2 Å². The number of carbonyl (C=O) groups excluding carboxylic acids is 1. The van der Waals surface area contributed by atoms with Gasteiger partial charge in [-0.2, -0.15) is 0 Å². The van der Waals surface area contributed by atoms with Crippen LogP contribution in [0.15, 0.2) is 52.9 Å².